The van der Waals surface area contributed by atoms with E-state index in [1.165, 1.54) is 24.1 Å². The van der Waals surface area contributed by atoms with Crippen LogP contribution in [0.2, 0.25) is 0 Å². The normalized spacial score (nSPS) is 14.4. The summed E-state index contributed by atoms with van der Waals surface area (Å²) < 4.78 is 0. The molecule has 0 unspecified atom stereocenters. The number of carbonyl (C=O) groups is 1. The maximum atomic E-state index is 11.7. The summed E-state index contributed by atoms with van der Waals surface area (Å²) in [5, 5.41) is 0. The predicted molar refractivity (Wildman–Crippen MR) is 85.2 cm³/mol. The van der Waals surface area contributed by atoms with Gasteiger partial charge in [0.2, 0.25) is 0 Å². The monoisotopic (exact) mass is 280 g/mol. The molecule has 0 saturated carbocycles. The van der Waals surface area contributed by atoms with Crippen LogP contribution in [0.1, 0.15) is 42.2 Å². The van der Waals surface area contributed by atoms with Gasteiger partial charge in [0.25, 0.3) is 0 Å². The lowest BCUT2D eigenvalue weighted by Gasteiger charge is -2.24. The van der Waals surface area contributed by atoms with Crippen molar-refractivity contribution in [3.05, 3.63) is 53.9 Å². The van der Waals surface area contributed by atoms with Gasteiger partial charge in [0.1, 0.15) is 5.69 Å². The molecule has 1 aromatic heterocycles. The molecule has 3 rings (SSSR count). The molecule has 2 heterocycles. The summed E-state index contributed by atoms with van der Waals surface area (Å²) in [7, 11) is 0. The number of para-hydroxylation sites is 1. The summed E-state index contributed by atoms with van der Waals surface area (Å²) in [6, 6.07) is 12.4. The molecule has 0 aliphatic carbocycles. The minimum absolute atomic E-state index is 0.0952. The molecular weight excluding hydrogens is 260 g/mol. The molecule has 1 aliphatic heterocycles. The average Bonchev–Trinajstić information content (AvgIpc) is 2.77. The highest BCUT2D eigenvalue weighted by molar-refractivity contribution is 5.94. The van der Waals surface area contributed by atoms with Crippen LogP contribution in [-0.2, 0) is 6.42 Å². The number of aryl methyl sites for hydroxylation is 1. The Balaban J connectivity index is 1.94. The van der Waals surface area contributed by atoms with Crippen molar-refractivity contribution in [2.45, 2.75) is 32.6 Å². The zero-order chi connectivity index (χ0) is 14.7. The van der Waals surface area contributed by atoms with Gasteiger partial charge in [0.15, 0.2) is 5.78 Å². The van der Waals surface area contributed by atoms with Crippen molar-refractivity contribution >= 4 is 17.2 Å². The van der Waals surface area contributed by atoms with Crippen LogP contribution >= 0.6 is 0 Å². The smallest absolute Gasteiger partial charge is 0.180 e. The van der Waals surface area contributed by atoms with Crippen molar-refractivity contribution in [2.24, 2.45) is 0 Å². The van der Waals surface area contributed by atoms with Crippen LogP contribution in [0.25, 0.3) is 0 Å². The number of nitrogens with zero attached hydrogens (tertiary/aromatic N) is 2. The molecule has 0 saturated heterocycles. The van der Waals surface area contributed by atoms with E-state index in [-0.39, 0.29) is 5.78 Å². The van der Waals surface area contributed by atoms with Crippen molar-refractivity contribution in [1.29, 1.82) is 0 Å². The number of ketones is 1. The Morgan fingerprint density at radius 1 is 1.19 bits per heavy atom. The highest BCUT2D eigenvalue weighted by Gasteiger charge is 2.17. The fourth-order valence-corrected chi connectivity index (χ4v) is 2.85. The van der Waals surface area contributed by atoms with Crippen LogP contribution in [0, 0.1) is 0 Å². The number of hydrogen-bond donors (Lipinski definition) is 0. The van der Waals surface area contributed by atoms with Gasteiger partial charge in [0.05, 0.1) is 11.9 Å². The Bertz CT molecular complexity index is 634. The van der Waals surface area contributed by atoms with E-state index >= 15 is 0 Å². The number of carbonyl (C=O) groups excluding carboxylic acids is 1. The number of rotatable bonds is 3. The zero-order valence-corrected chi connectivity index (χ0v) is 12.4. The molecule has 2 aromatic rings. The van der Waals surface area contributed by atoms with E-state index in [9.17, 15) is 4.79 Å². The molecule has 108 valence electrons. The molecule has 0 spiro atoms. The van der Waals surface area contributed by atoms with Gasteiger partial charge in [-0.25, -0.2) is 0 Å². The molecule has 1 aromatic carbocycles. The molecule has 0 N–H and O–H groups in total. The summed E-state index contributed by atoms with van der Waals surface area (Å²) in [5.74, 6) is 0.0952. The van der Waals surface area contributed by atoms with Gasteiger partial charge in [-0.2, -0.15) is 0 Å². The first-order valence-electron chi connectivity index (χ1n) is 7.64. The van der Waals surface area contributed by atoms with E-state index in [0.29, 0.717) is 12.1 Å². The largest absolute Gasteiger partial charge is 0.340 e. The second-order valence-electron chi connectivity index (χ2n) is 5.42. The minimum Gasteiger partial charge on any atom is -0.340 e. The standard InChI is InChI=1S/C18H20N2O/c1-2-18(21)16-11-10-15(13-19-16)20-12-6-5-8-14-7-3-4-9-17(14)20/h3-4,7,9-11,13H,2,5-6,8,12H2,1H3. The van der Waals surface area contributed by atoms with Crippen LogP contribution < -0.4 is 4.90 Å². The lowest BCUT2D eigenvalue weighted by molar-refractivity contribution is 0.0983. The Morgan fingerprint density at radius 3 is 2.81 bits per heavy atom. The van der Waals surface area contributed by atoms with Gasteiger partial charge < -0.3 is 4.90 Å². The number of aromatic nitrogens is 1. The number of hydrogen-bond acceptors (Lipinski definition) is 3. The molecule has 0 fully saturated rings. The van der Waals surface area contributed by atoms with E-state index in [2.05, 4.69) is 34.1 Å². The van der Waals surface area contributed by atoms with Crippen LogP contribution in [0.15, 0.2) is 42.6 Å². The fraction of sp³-hybridized carbons (Fsp3) is 0.333. The predicted octanol–water partition coefficient (Wildman–Crippen LogP) is 4.15. The number of pyridine rings is 1. The average molecular weight is 280 g/mol. The third-order valence-electron chi connectivity index (χ3n) is 4.03. The number of benzene rings is 1. The van der Waals surface area contributed by atoms with E-state index in [1.54, 1.807) is 0 Å². The maximum absolute atomic E-state index is 11.7. The van der Waals surface area contributed by atoms with E-state index in [0.717, 1.165) is 18.7 Å². The molecule has 0 radical (unpaired) electrons. The lowest BCUT2D eigenvalue weighted by atomic mass is 10.1. The summed E-state index contributed by atoms with van der Waals surface area (Å²) in [6.07, 6.45) is 5.84. The quantitative estimate of drug-likeness (QED) is 0.792. The Kier molecular flexibility index (Phi) is 4.00. The van der Waals surface area contributed by atoms with Gasteiger partial charge in [0, 0.05) is 18.7 Å². The lowest BCUT2D eigenvalue weighted by Crippen LogP contribution is -2.18. The van der Waals surface area contributed by atoms with E-state index in [1.807, 2.05) is 25.3 Å². The summed E-state index contributed by atoms with van der Waals surface area (Å²) in [5.41, 5.74) is 4.29. The van der Waals surface area contributed by atoms with Crippen LogP contribution in [-0.4, -0.2) is 17.3 Å². The van der Waals surface area contributed by atoms with Crippen molar-refractivity contribution in [2.75, 3.05) is 11.4 Å². The highest BCUT2D eigenvalue weighted by Crippen LogP contribution is 2.32. The molecule has 3 heteroatoms. The highest BCUT2D eigenvalue weighted by atomic mass is 16.1. The van der Waals surface area contributed by atoms with Crippen molar-refractivity contribution in [3.63, 3.8) is 0 Å². The summed E-state index contributed by atoms with van der Waals surface area (Å²) in [6.45, 7) is 2.86. The molecule has 0 amide bonds. The van der Waals surface area contributed by atoms with E-state index in [4.69, 9.17) is 0 Å². The third kappa shape index (κ3) is 2.82. The van der Waals surface area contributed by atoms with Gasteiger partial charge in [-0.3, -0.25) is 9.78 Å². The molecule has 0 atom stereocenters. The van der Waals surface area contributed by atoms with Crippen LogP contribution in [0.3, 0.4) is 0 Å². The number of anilines is 2. The SMILES string of the molecule is CCC(=O)c1ccc(N2CCCCc3ccccc32)cn1. The zero-order valence-electron chi connectivity index (χ0n) is 12.4. The van der Waals surface area contributed by atoms with Gasteiger partial charge in [-0.05, 0) is 43.0 Å². The summed E-state index contributed by atoms with van der Waals surface area (Å²) in [4.78, 5) is 18.3. The van der Waals surface area contributed by atoms with Crippen LogP contribution in [0.4, 0.5) is 11.4 Å². The fourth-order valence-electron chi connectivity index (χ4n) is 2.85. The Morgan fingerprint density at radius 2 is 2.05 bits per heavy atom. The third-order valence-corrected chi connectivity index (χ3v) is 4.03. The van der Waals surface area contributed by atoms with Crippen LogP contribution in [0.5, 0.6) is 0 Å². The molecule has 3 nitrogen and oxygen atoms in total. The minimum atomic E-state index is 0.0952. The van der Waals surface area contributed by atoms with Gasteiger partial charge in [-0.15, -0.1) is 0 Å². The van der Waals surface area contributed by atoms with E-state index < -0.39 is 0 Å². The van der Waals surface area contributed by atoms with Crippen molar-refractivity contribution in [3.8, 4) is 0 Å². The maximum Gasteiger partial charge on any atom is 0.180 e. The Hall–Kier alpha value is -2.16. The number of Topliss-reactive ketones (excluding diaryl/α,β-unsaturated/α-hetero) is 1. The van der Waals surface area contributed by atoms with Gasteiger partial charge in [-0.1, -0.05) is 25.1 Å². The Labute approximate surface area is 125 Å². The number of fused-ring (bicyclic) bond motifs is 1. The first-order chi connectivity index (χ1) is 10.3. The second kappa shape index (κ2) is 6.08. The first kappa shape index (κ1) is 13.8. The topological polar surface area (TPSA) is 33.2 Å². The second-order valence-corrected chi connectivity index (χ2v) is 5.42. The molecule has 0 bridgehead atoms. The van der Waals surface area contributed by atoms with Gasteiger partial charge >= 0.3 is 0 Å². The van der Waals surface area contributed by atoms with Crippen molar-refractivity contribution < 1.29 is 4.79 Å². The first-order valence-corrected chi connectivity index (χ1v) is 7.64. The summed E-state index contributed by atoms with van der Waals surface area (Å²) >= 11 is 0. The molecule has 1 aliphatic rings. The molecule has 21 heavy (non-hydrogen) atoms. The molecular formula is C18H20N2O. The van der Waals surface area contributed by atoms with Crippen molar-refractivity contribution in [1.82, 2.24) is 4.98 Å².